The molecule has 0 unspecified atom stereocenters. The molecule has 0 N–H and O–H groups in total. The molecule has 5 nitrogen and oxygen atoms in total. The zero-order valence-electron chi connectivity index (χ0n) is 9.84. The van der Waals surface area contributed by atoms with E-state index in [4.69, 9.17) is 10.00 Å². The zero-order valence-corrected chi connectivity index (χ0v) is 9.84. The van der Waals surface area contributed by atoms with E-state index >= 15 is 0 Å². The van der Waals surface area contributed by atoms with Crippen LogP contribution in [0.15, 0.2) is 36.4 Å². The van der Waals surface area contributed by atoms with Crippen molar-refractivity contribution < 1.29 is 18.4 Å². The summed E-state index contributed by atoms with van der Waals surface area (Å²) in [5.41, 5.74) is -0.574. The topological polar surface area (TPSA) is 76.2 Å². The number of halogens is 2. The second-order valence-corrected chi connectivity index (χ2v) is 3.76. The highest BCUT2D eigenvalue weighted by atomic mass is 19.1. The predicted molar refractivity (Wildman–Crippen MR) is 64.2 cm³/mol. The van der Waals surface area contributed by atoms with Gasteiger partial charge in [-0.3, -0.25) is 10.1 Å². The maximum absolute atomic E-state index is 13.0. The minimum Gasteiger partial charge on any atom is -0.457 e. The maximum atomic E-state index is 13.0. The van der Waals surface area contributed by atoms with Gasteiger partial charge in [-0.25, -0.2) is 8.78 Å². The molecule has 2 aromatic rings. The number of benzene rings is 2. The fourth-order valence-electron chi connectivity index (χ4n) is 1.55. The van der Waals surface area contributed by atoms with Crippen LogP contribution in [0, 0.1) is 33.1 Å². The van der Waals surface area contributed by atoms with Crippen molar-refractivity contribution in [2.45, 2.75) is 0 Å². The number of hydrogen-bond donors (Lipinski definition) is 0. The van der Waals surface area contributed by atoms with Gasteiger partial charge in [-0.2, -0.15) is 5.26 Å². The first kappa shape index (κ1) is 13.4. The third-order valence-electron chi connectivity index (χ3n) is 2.36. The molecule has 0 heterocycles. The molecule has 0 saturated carbocycles. The van der Waals surface area contributed by atoms with Crippen molar-refractivity contribution in [3.8, 4) is 17.6 Å². The lowest BCUT2D eigenvalue weighted by Gasteiger charge is -2.06. The van der Waals surface area contributed by atoms with Gasteiger partial charge in [0, 0.05) is 30.3 Å². The lowest BCUT2D eigenvalue weighted by atomic mass is 10.2. The van der Waals surface area contributed by atoms with Crippen LogP contribution in [0.2, 0.25) is 0 Å². The SMILES string of the molecule is N#Cc1cc(Oc2cc(F)cc(F)c2)ccc1[N+](=O)[O-]. The van der Waals surface area contributed by atoms with Crippen LogP contribution in [0.25, 0.3) is 0 Å². The molecule has 0 bridgehead atoms. The second-order valence-electron chi connectivity index (χ2n) is 3.76. The van der Waals surface area contributed by atoms with Crippen LogP contribution in [0.5, 0.6) is 11.5 Å². The van der Waals surface area contributed by atoms with Crippen molar-refractivity contribution in [1.29, 1.82) is 5.26 Å². The normalized spacial score (nSPS) is 9.85. The third-order valence-corrected chi connectivity index (χ3v) is 2.36. The van der Waals surface area contributed by atoms with E-state index in [1.54, 1.807) is 6.07 Å². The minimum atomic E-state index is -0.817. The van der Waals surface area contributed by atoms with E-state index in [0.717, 1.165) is 24.3 Å². The van der Waals surface area contributed by atoms with Crippen LogP contribution in [0.3, 0.4) is 0 Å². The Bertz CT molecular complexity index is 706. The molecule has 100 valence electrons. The molecular formula is C13H6F2N2O3. The average Bonchev–Trinajstić information content (AvgIpc) is 2.37. The Hall–Kier alpha value is -3.01. The van der Waals surface area contributed by atoms with Crippen molar-refractivity contribution in [2.24, 2.45) is 0 Å². The third kappa shape index (κ3) is 2.87. The van der Waals surface area contributed by atoms with Gasteiger partial charge in [-0.05, 0) is 6.07 Å². The Balaban J connectivity index is 2.35. The van der Waals surface area contributed by atoms with Crippen LogP contribution in [-0.2, 0) is 0 Å². The van der Waals surface area contributed by atoms with Crippen molar-refractivity contribution in [3.63, 3.8) is 0 Å². The van der Waals surface area contributed by atoms with Crippen LogP contribution in [0.1, 0.15) is 5.56 Å². The second kappa shape index (κ2) is 5.32. The van der Waals surface area contributed by atoms with Gasteiger partial charge in [-0.15, -0.1) is 0 Å². The lowest BCUT2D eigenvalue weighted by molar-refractivity contribution is -0.385. The van der Waals surface area contributed by atoms with E-state index in [-0.39, 0.29) is 22.7 Å². The molecular weight excluding hydrogens is 270 g/mol. The van der Waals surface area contributed by atoms with E-state index in [1.807, 2.05) is 0 Å². The summed E-state index contributed by atoms with van der Waals surface area (Å²) >= 11 is 0. The van der Waals surface area contributed by atoms with Gasteiger partial charge < -0.3 is 4.74 Å². The molecule has 20 heavy (non-hydrogen) atoms. The van der Waals surface area contributed by atoms with Gasteiger partial charge in [0.1, 0.15) is 34.8 Å². The lowest BCUT2D eigenvalue weighted by Crippen LogP contribution is -1.93. The largest absolute Gasteiger partial charge is 0.457 e. The number of hydrogen-bond acceptors (Lipinski definition) is 4. The molecule has 0 aromatic heterocycles. The van der Waals surface area contributed by atoms with E-state index in [1.165, 1.54) is 6.07 Å². The quantitative estimate of drug-likeness (QED) is 0.634. The average molecular weight is 276 g/mol. The monoisotopic (exact) mass is 276 g/mol. The van der Waals surface area contributed by atoms with Gasteiger partial charge in [0.15, 0.2) is 0 Å². The Morgan fingerprint density at radius 3 is 2.30 bits per heavy atom. The van der Waals surface area contributed by atoms with Gasteiger partial charge in [0.25, 0.3) is 5.69 Å². The zero-order chi connectivity index (χ0) is 14.7. The standard InChI is InChI=1S/C13H6F2N2O3/c14-9-4-10(15)6-12(5-9)20-11-1-2-13(17(18)19)8(3-11)7-16/h1-6H. The van der Waals surface area contributed by atoms with Crippen LogP contribution in [0.4, 0.5) is 14.5 Å². The van der Waals surface area contributed by atoms with Crippen molar-refractivity contribution >= 4 is 5.69 Å². The number of rotatable bonds is 3. The van der Waals surface area contributed by atoms with Gasteiger partial charge in [0.05, 0.1) is 4.92 Å². The van der Waals surface area contributed by atoms with Crippen molar-refractivity contribution in [1.82, 2.24) is 0 Å². The van der Waals surface area contributed by atoms with Crippen molar-refractivity contribution in [3.05, 3.63) is 63.7 Å². The molecule has 0 atom stereocenters. The summed E-state index contributed by atoms with van der Waals surface area (Å²) in [7, 11) is 0. The van der Waals surface area contributed by atoms with E-state index in [0.29, 0.717) is 6.07 Å². The smallest absolute Gasteiger partial charge is 0.287 e. The molecule has 0 amide bonds. The summed E-state index contributed by atoms with van der Waals surface area (Å²) < 4.78 is 31.1. The molecule has 7 heteroatoms. The van der Waals surface area contributed by atoms with E-state index in [2.05, 4.69) is 0 Å². The maximum Gasteiger partial charge on any atom is 0.287 e. The molecule has 0 fully saturated rings. The Morgan fingerprint density at radius 1 is 1.10 bits per heavy atom. The molecule has 2 rings (SSSR count). The molecule has 0 aliphatic rings. The molecule has 0 saturated heterocycles. The number of ether oxygens (including phenoxy) is 1. The molecule has 0 aliphatic heterocycles. The summed E-state index contributed by atoms with van der Waals surface area (Å²) in [4.78, 5) is 9.95. The Labute approximate surface area is 111 Å². The highest BCUT2D eigenvalue weighted by molar-refractivity contribution is 5.52. The highest BCUT2D eigenvalue weighted by Crippen LogP contribution is 2.28. The molecule has 0 aliphatic carbocycles. The first-order valence-corrected chi connectivity index (χ1v) is 5.32. The summed E-state index contributed by atoms with van der Waals surface area (Å²) in [5, 5.41) is 19.5. The summed E-state index contributed by atoms with van der Waals surface area (Å²) in [6, 6.07) is 7.70. The Kier molecular flexibility index (Phi) is 3.57. The first-order chi connectivity index (χ1) is 9.49. The fraction of sp³-hybridized carbons (Fsp3) is 0. The number of nitriles is 1. The van der Waals surface area contributed by atoms with Gasteiger partial charge in [-0.1, -0.05) is 0 Å². The van der Waals surface area contributed by atoms with Crippen molar-refractivity contribution in [2.75, 3.05) is 0 Å². The van der Waals surface area contributed by atoms with Crippen LogP contribution < -0.4 is 4.74 Å². The van der Waals surface area contributed by atoms with Crippen LogP contribution in [-0.4, -0.2) is 4.92 Å². The molecule has 2 aromatic carbocycles. The summed E-state index contributed by atoms with van der Waals surface area (Å²) in [5.74, 6) is -1.68. The first-order valence-electron chi connectivity index (χ1n) is 5.32. The molecule has 0 radical (unpaired) electrons. The fourth-order valence-corrected chi connectivity index (χ4v) is 1.55. The van der Waals surface area contributed by atoms with E-state index in [9.17, 15) is 18.9 Å². The Morgan fingerprint density at radius 2 is 1.75 bits per heavy atom. The highest BCUT2D eigenvalue weighted by Gasteiger charge is 2.14. The van der Waals surface area contributed by atoms with Gasteiger partial charge in [0.2, 0.25) is 0 Å². The minimum absolute atomic E-state index is 0.0668. The number of nitro benzene ring substituents is 1. The van der Waals surface area contributed by atoms with Crippen LogP contribution >= 0.6 is 0 Å². The summed E-state index contributed by atoms with van der Waals surface area (Å²) in [6.07, 6.45) is 0. The summed E-state index contributed by atoms with van der Waals surface area (Å²) in [6.45, 7) is 0. The number of nitrogens with zero attached hydrogens (tertiary/aromatic N) is 2. The van der Waals surface area contributed by atoms with E-state index < -0.39 is 16.6 Å². The molecule has 0 spiro atoms. The van der Waals surface area contributed by atoms with Gasteiger partial charge >= 0.3 is 0 Å². The number of nitro groups is 1. The predicted octanol–water partition coefficient (Wildman–Crippen LogP) is 3.54.